The van der Waals surface area contributed by atoms with E-state index in [0.717, 1.165) is 17.0 Å². The molecule has 74 valence electrons. The quantitative estimate of drug-likeness (QED) is 0.715. The average molecular weight is 212 g/mol. The maximum Gasteiger partial charge on any atom is 0.152 e. The highest BCUT2D eigenvalue weighted by Crippen LogP contribution is 2.22. The largest absolute Gasteiger partial charge is 0.359 e. The van der Waals surface area contributed by atoms with Crippen molar-refractivity contribution in [1.29, 1.82) is 0 Å². The second kappa shape index (κ2) is 3.46. The van der Waals surface area contributed by atoms with Crippen LogP contribution in [0.4, 0.5) is 0 Å². The minimum atomic E-state index is 0.340. The smallest absolute Gasteiger partial charge is 0.152 e. The SMILES string of the molecule is Cc1nn(C)cc1-c1cc(CCl)on1. The minimum Gasteiger partial charge on any atom is -0.359 e. The molecule has 0 N–H and O–H groups in total. The third-order valence-electron chi connectivity index (χ3n) is 1.98. The van der Waals surface area contributed by atoms with Crippen molar-refractivity contribution in [2.45, 2.75) is 12.8 Å². The van der Waals surface area contributed by atoms with E-state index < -0.39 is 0 Å². The lowest BCUT2D eigenvalue weighted by molar-refractivity contribution is 0.396. The highest BCUT2D eigenvalue weighted by atomic mass is 35.5. The van der Waals surface area contributed by atoms with Gasteiger partial charge in [-0.2, -0.15) is 5.10 Å². The van der Waals surface area contributed by atoms with Crippen LogP contribution in [0.2, 0.25) is 0 Å². The minimum absolute atomic E-state index is 0.340. The average Bonchev–Trinajstić information content (AvgIpc) is 2.71. The topological polar surface area (TPSA) is 43.9 Å². The number of nitrogens with zero attached hydrogens (tertiary/aromatic N) is 3. The van der Waals surface area contributed by atoms with Crippen LogP contribution in [0.15, 0.2) is 16.8 Å². The van der Waals surface area contributed by atoms with E-state index in [0.29, 0.717) is 11.6 Å². The van der Waals surface area contributed by atoms with Gasteiger partial charge >= 0.3 is 0 Å². The molecule has 0 atom stereocenters. The van der Waals surface area contributed by atoms with Crippen LogP contribution in [0.3, 0.4) is 0 Å². The second-order valence-corrected chi connectivity index (χ2v) is 3.38. The molecule has 0 fully saturated rings. The molecule has 0 unspecified atom stereocenters. The van der Waals surface area contributed by atoms with Crippen LogP contribution >= 0.6 is 11.6 Å². The van der Waals surface area contributed by atoms with Crippen LogP contribution in [0.1, 0.15) is 11.5 Å². The van der Waals surface area contributed by atoms with Crippen LogP contribution in [0.25, 0.3) is 11.3 Å². The van der Waals surface area contributed by atoms with Crippen LogP contribution in [-0.2, 0) is 12.9 Å². The molecular weight excluding hydrogens is 202 g/mol. The zero-order chi connectivity index (χ0) is 10.1. The van der Waals surface area contributed by atoms with Gasteiger partial charge in [-0.05, 0) is 6.92 Å². The fourth-order valence-corrected chi connectivity index (χ4v) is 1.48. The summed E-state index contributed by atoms with van der Waals surface area (Å²) in [6.45, 7) is 1.93. The Bertz CT molecular complexity index is 447. The molecule has 2 aromatic rings. The third-order valence-corrected chi connectivity index (χ3v) is 2.24. The summed E-state index contributed by atoms with van der Waals surface area (Å²) in [6, 6.07) is 1.83. The Hall–Kier alpha value is -1.29. The van der Waals surface area contributed by atoms with Gasteiger partial charge in [-0.1, -0.05) is 5.16 Å². The molecule has 0 saturated heterocycles. The molecule has 0 bridgehead atoms. The van der Waals surface area contributed by atoms with E-state index in [1.54, 1.807) is 4.68 Å². The highest BCUT2D eigenvalue weighted by molar-refractivity contribution is 6.16. The fourth-order valence-electron chi connectivity index (χ4n) is 1.35. The summed E-state index contributed by atoms with van der Waals surface area (Å²) in [5, 5.41) is 8.14. The summed E-state index contributed by atoms with van der Waals surface area (Å²) in [4.78, 5) is 0. The number of alkyl halides is 1. The second-order valence-electron chi connectivity index (χ2n) is 3.11. The molecular formula is C9H10ClN3O. The normalized spacial score (nSPS) is 10.8. The van der Waals surface area contributed by atoms with E-state index in [-0.39, 0.29) is 0 Å². The number of aromatic nitrogens is 3. The molecule has 0 saturated carbocycles. The highest BCUT2D eigenvalue weighted by Gasteiger charge is 2.10. The Kier molecular flexibility index (Phi) is 2.29. The lowest BCUT2D eigenvalue weighted by Crippen LogP contribution is -1.86. The first-order valence-corrected chi connectivity index (χ1v) is 4.76. The zero-order valence-electron chi connectivity index (χ0n) is 7.99. The summed E-state index contributed by atoms with van der Waals surface area (Å²) >= 11 is 5.62. The van der Waals surface area contributed by atoms with Gasteiger partial charge in [0.2, 0.25) is 0 Å². The van der Waals surface area contributed by atoms with Gasteiger partial charge in [0.05, 0.1) is 11.6 Å². The number of halogens is 1. The number of aryl methyl sites for hydroxylation is 2. The van der Waals surface area contributed by atoms with Crippen molar-refractivity contribution in [1.82, 2.24) is 14.9 Å². The first-order valence-electron chi connectivity index (χ1n) is 4.23. The van der Waals surface area contributed by atoms with Gasteiger partial charge in [0.1, 0.15) is 5.69 Å². The Morgan fingerprint density at radius 1 is 1.57 bits per heavy atom. The van der Waals surface area contributed by atoms with Crippen LogP contribution < -0.4 is 0 Å². The van der Waals surface area contributed by atoms with Crippen molar-refractivity contribution < 1.29 is 4.52 Å². The summed E-state index contributed by atoms with van der Waals surface area (Å²) in [6.07, 6.45) is 1.91. The molecule has 4 nitrogen and oxygen atoms in total. The standard InChI is InChI=1S/C9H10ClN3O/c1-6-8(5-13(2)11-6)9-3-7(4-10)14-12-9/h3,5H,4H2,1-2H3. The van der Waals surface area contributed by atoms with Crippen molar-refractivity contribution in [2.75, 3.05) is 0 Å². The van der Waals surface area contributed by atoms with E-state index >= 15 is 0 Å². The van der Waals surface area contributed by atoms with Crippen LogP contribution in [0, 0.1) is 6.92 Å². The predicted molar refractivity (Wildman–Crippen MR) is 53.0 cm³/mol. The van der Waals surface area contributed by atoms with E-state index in [1.165, 1.54) is 0 Å². The predicted octanol–water partition coefficient (Wildman–Crippen LogP) is 2.12. The molecule has 14 heavy (non-hydrogen) atoms. The van der Waals surface area contributed by atoms with E-state index in [9.17, 15) is 0 Å². The Morgan fingerprint density at radius 3 is 2.86 bits per heavy atom. The Labute approximate surface area is 86.5 Å². The summed E-state index contributed by atoms with van der Waals surface area (Å²) < 4.78 is 6.76. The number of hydrogen-bond acceptors (Lipinski definition) is 3. The monoisotopic (exact) mass is 211 g/mol. The lowest BCUT2D eigenvalue weighted by Gasteiger charge is -1.87. The van der Waals surface area contributed by atoms with Gasteiger partial charge in [-0.3, -0.25) is 4.68 Å². The third kappa shape index (κ3) is 1.53. The van der Waals surface area contributed by atoms with Gasteiger partial charge in [-0.25, -0.2) is 0 Å². The summed E-state index contributed by atoms with van der Waals surface area (Å²) in [5.74, 6) is 1.01. The van der Waals surface area contributed by atoms with Crippen molar-refractivity contribution in [3.05, 3.63) is 23.7 Å². The van der Waals surface area contributed by atoms with Gasteiger partial charge in [0, 0.05) is 24.9 Å². The molecule has 0 aliphatic heterocycles. The molecule has 0 aliphatic carbocycles. The van der Waals surface area contributed by atoms with E-state index in [4.69, 9.17) is 16.1 Å². The Morgan fingerprint density at radius 2 is 2.36 bits per heavy atom. The molecule has 0 amide bonds. The van der Waals surface area contributed by atoms with E-state index in [1.807, 2.05) is 26.2 Å². The Balaban J connectivity index is 2.43. The maximum atomic E-state index is 5.62. The molecule has 2 rings (SSSR count). The van der Waals surface area contributed by atoms with Gasteiger partial charge in [-0.15, -0.1) is 11.6 Å². The zero-order valence-corrected chi connectivity index (χ0v) is 8.75. The van der Waals surface area contributed by atoms with Crippen molar-refractivity contribution in [3.63, 3.8) is 0 Å². The first kappa shape index (κ1) is 9.27. The van der Waals surface area contributed by atoms with E-state index in [2.05, 4.69) is 10.3 Å². The van der Waals surface area contributed by atoms with Crippen molar-refractivity contribution in [2.24, 2.45) is 7.05 Å². The lowest BCUT2D eigenvalue weighted by atomic mass is 10.2. The maximum absolute atomic E-state index is 5.62. The molecule has 2 heterocycles. The molecule has 5 heteroatoms. The van der Waals surface area contributed by atoms with Crippen molar-refractivity contribution in [3.8, 4) is 11.3 Å². The van der Waals surface area contributed by atoms with Gasteiger partial charge < -0.3 is 4.52 Å². The molecule has 2 aromatic heterocycles. The van der Waals surface area contributed by atoms with Crippen LogP contribution in [0.5, 0.6) is 0 Å². The first-order chi connectivity index (χ1) is 6.70. The fraction of sp³-hybridized carbons (Fsp3) is 0.333. The number of rotatable bonds is 2. The summed E-state index contributed by atoms with van der Waals surface area (Å²) in [5.41, 5.74) is 2.70. The molecule has 0 aliphatic rings. The van der Waals surface area contributed by atoms with Gasteiger partial charge in [0.25, 0.3) is 0 Å². The number of hydrogen-bond donors (Lipinski definition) is 0. The van der Waals surface area contributed by atoms with Crippen LogP contribution in [-0.4, -0.2) is 14.9 Å². The summed E-state index contributed by atoms with van der Waals surface area (Å²) in [7, 11) is 1.87. The molecule has 0 aromatic carbocycles. The molecule has 0 spiro atoms. The molecule has 0 radical (unpaired) electrons. The van der Waals surface area contributed by atoms with Crippen molar-refractivity contribution >= 4 is 11.6 Å². The van der Waals surface area contributed by atoms with Gasteiger partial charge in [0.15, 0.2) is 5.76 Å².